The monoisotopic (exact) mass is 356 g/mol. The molecule has 2 heterocycles. The van der Waals surface area contributed by atoms with Crippen molar-refractivity contribution in [3.8, 4) is 17.3 Å². The van der Waals surface area contributed by atoms with E-state index in [9.17, 15) is 19.5 Å². The molecule has 2 aromatic rings. The summed E-state index contributed by atoms with van der Waals surface area (Å²) in [7, 11) is 0. The van der Waals surface area contributed by atoms with Gasteiger partial charge in [-0.15, -0.1) is 0 Å². The predicted octanol–water partition coefficient (Wildman–Crippen LogP) is 1.44. The van der Waals surface area contributed by atoms with Crippen LogP contribution >= 0.6 is 0 Å². The number of rotatable bonds is 4. The molecule has 1 fully saturated rings. The number of aromatic nitrogens is 2. The molecule has 1 aromatic carbocycles. The van der Waals surface area contributed by atoms with Gasteiger partial charge in [0.05, 0.1) is 5.69 Å². The first-order valence-electron chi connectivity index (χ1n) is 7.89. The molecule has 0 spiro atoms. The highest BCUT2D eigenvalue weighted by Crippen LogP contribution is 2.26. The zero-order valence-electron chi connectivity index (χ0n) is 13.9. The van der Waals surface area contributed by atoms with Gasteiger partial charge in [-0.3, -0.25) is 9.59 Å². The Morgan fingerprint density at radius 2 is 1.92 bits per heavy atom. The van der Waals surface area contributed by atoms with Gasteiger partial charge in [-0.2, -0.15) is 4.98 Å². The SMILES string of the molecule is CC(=O)N(c1ccc(-c2ncc(C(=O)O)c(O)n2)cc1)N1CCCC1=O. The molecule has 2 N–H and O–H groups in total. The average Bonchev–Trinajstić information content (AvgIpc) is 3.01. The topological polar surface area (TPSA) is 124 Å². The van der Waals surface area contributed by atoms with Crippen molar-refractivity contribution >= 4 is 23.5 Å². The van der Waals surface area contributed by atoms with Crippen LogP contribution in [-0.2, 0) is 9.59 Å². The van der Waals surface area contributed by atoms with E-state index < -0.39 is 11.8 Å². The van der Waals surface area contributed by atoms with E-state index in [1.54, 1.807) is 24.3 Å². The summed E-state index contributed by atoms with van der Waals surface area (Å²) in [5.41, 5.74) is 0.654. The van der Waals surface area contributed by atoms with E-state index in [0.29, 0.717) is 30.6 Å². The van der Waals surface area contributed by atoms with E-state index in [1.165, 1.54) is 16.9 Å². The van der Waals surface area contributed by atoms with Crippen molar-refractivity contribution in [3.63, 3.8) is 0 Å². The highest BCUT2D eigenvalue weighted by Gasteiger charge is 2.29. The van der Waals surface area contributed by atoms with Crippen molar-refractivity contribution in [1.82, 2.24) is 15.0 Å². The number of amides is 2. The number of carboxylic acid groups (broad SMARTS) is 1. The molecule has 1 aliphatic rings. The molecule has 9 nitrogen and oxygen atoms in total. The van der Waals surface area contributed by atoms with Gasteiger partial charge in [0, 0.05) is 31.6 Å². The molecular formula is C17H16N4O5. The lowest BCUT2D eigenvalue weighted by molar-refractivity contribution is -0.133. The first-order valence-corrected chi connectivity index (χ1v) is 7.89. The van der Waals surface area contributed by atoms with Crippen molar-refractivity contribution < 1.29 is 24.6 Å². The van der Waals surface area contributed by atoms with E-state index in [2.05, 4.69) is 9.97 Å². The fraction of sp³-hybridized carbons (Fsp3) is 0.235. The van der Waals surface area contributed by atoms with Crippen molar-refractivity contribution in [2.45, 2.75) is 19.8 Å². The van der Waals surface area contributed by atoms with Gasteiger partial charge in [-0.05, 0) is 30.7 Å². The van der Waals surface area contributed by atoms with Crippen LogP contribution in [0, 0.1) is 0 Å². The molecule has 1 aliphatic heterocycles. The molecule has 0 bridgehead atoms. The van der Waals surface area contributed by atoms with Crippen LogP contribution < -0.4 is 5.01 Å². The maximum Gasteiger partial charge on any atom is 0.342 e. The van der Waals surface area contributed by atoms with Crippen LogP contribution in [0.15, 0.2) is 30.5 Å². The number of hydrogen-bond donors (Lipinski definition) is 2. The van der Waals surface area contributed by atoms with Gasteiger partial charge >= 0.3 is 5.97 Å². The normalized spacial score (nSPS) is 13.7. The number of carbonyl (C=O) groups is 3. The molecule has 9 heteroatoms. The van der Waals surface area contributed by atoms with Gasteiger partial charge in [-0.1, -0.05) is 0 Å². The molecule has 0 unspecified atom stereocenters. The van der Waals surface area contributed by atoms with E-state index in [-0.39, 0.29) is 23.2 Å². The third-order valence-electron chi connectivity index (χ3n) is 3.96. The molecule has 1 aromatic heterocycles. The summed E-state index contributed by atoms with van der Waals surface area (Å²) < 4.78 is 0. The van der Waals surface area contributed by atoms with Gasteiger partial charge in [-0.25, -0.2) is 19.8 Å². The van der Waals surface area contributed by atoms with Crippen LogP contribution in [0.2, 0.25) is 0 Å². The van der Waals surface area contributed by atoms with E-state index in [4.69, 9.17) is 5.11 Å². The Labute approximate surface area is 148 Å². The fourth-order valence-electron chi connectivity index (χ4n) is 2.75. The number of hydrazine groups is 1. The van der Waals surface area contributed by atoms with E-state index in [0.717, 1.165) is 6.20 Å². The maximum atomic E-state index is 12.0. The first-order chi connectivity index (χ1) is 12.4. The molecule has 2 amide bonds. The fourth-order valence-corrected chi connectivity index (χ4v) is 2.75. The largest absolute Gasteiger partial charge is 0.493 e. The van der Waals surface area contributed by atoms with Gasteiger partial charge in [0.2, 0.25) is 17.7 Å². The number of carbonyl (C=O) groups excluding carboxylic acids is 2. The number of carboxylic acids is 1. The highest BCUT2D eigenvalue weighted by atomic mass is 16.4. The van der Waals surface area contributed by atoms with Crippen LogP contribution in [0.4, 0.5) is 5.69 Å². The van der Waals surface area contributed by atoms with Crippen molar-refractivity contribution in [3.05, 3.63) is 36.0 Å². The number of nitrogens with zero attached hydrogens (tertiary/aromatic N) is 4. The Morgan fingerprint density at radius 3 is 2.42 bits per heavy atom. The van der Waals surface area contributed by atoms with Gasteiger partial charge in [0.1, 0.15) is 5.56 Å². The Kier molecular flexibility index (Phi) is 4.53. The third-order valence-corrected chi connectivity index (χ3v) is 3.96. The summed E-state index contributed by atoms with van der Waals surface area (Å²) in [6.45, 7) is 1.86. The molecule has 134 valence electrons. The van der Waals surface area contributed by atoms with Crippen LogP contribution in [0.25, 0.3) is 11.4 Å². The minimum atomic E-state index is -1.32. The predicted molar refractivity (Wildman–Crippen MR) is 90.2 cm³/mol. The average molecular weight is 356 g/mol. The number of hydrogen-bond acceptors (Lipinski definition) is 6. The second kappa shape index (κ2) is 6.79. The molecular weight excluding hydrogens is 340 g/mol. The van der Waals surface area contributed by atoms with Crippen molar-refractivity contribution in [1.29, 1.82) is 0 Å². The summed E-state index contributed by atoms with van der Waals surface area (Å²) in [6, 6.07) is 6.52. The number of aromatic hydroxyl groups is 1. The minimum Gasteiger partial charge on any atom is -0.493 e. The first kappa shape index (κ1) is 17.3. The number of benzene rings is 1. The zero-order chi connectivity index (χ0) is 18.8. The lowest BCUT2D eigenvalue weighted by Gasteiger charge is -2.30. The smallest absolute Gasteiger partial charge is 0.342 e. The van der Waals surface area contributed by atoms with Gasteiger partial charge in [0.15, 0.2) is 5.82 Å². The van der Waals surface area contributed by atoms with E-state index in [1.807, 2.05) is 0 Å². The standard InChI is InChI=1S/C17H16N4O5/c1-10(22)21(20-8-2-3-14(20)23)12-6-4-11(5-7-12)15-18-9-13(17(25)26)16(24)19-15/h4-7,9H,2-3,8H2,1H3,(H,25,26)(H,18,19,24). The van der Waals surface area contributed by atoms with Crippen LogP contribution in [0.5, 0.6) is 5.88 Å². The molecule has 3 rings (SSSR count). The lowest BCUT2D eigenvalue weighted by atomic mass is 10.2. The molecule has 0 aliphatic carbocycles. The Balaban J connectivity index is 1.90. The molecule has 1 saturated heterocycles. The number of aromatic carboxylic acids is 1. The van der Waals surface area contributed by atoms with Crippen molar-refractivity contribution in [2.24, 2.45) is 0 Å². The number of anilines is 1. The maximum absolute atomic E-state index is 12.0. The van der Waals surface area contributed by atoms with E-state index >= 15 is 0 Å². The quantitative estimate of drug-likeness (QED) is 0.849. The van der Waals surface area contributed by atoms with Gasteiger partial charge < -0.3 is 10.2 Å². The lowest BCUT2D eigenvalue weighted by Crippen LogP contribution is -2.46. The Morgan fingerprint density at radius 1 is 1.23 bits per heavy atom. The summed E-state index contributed by atoms with van der Waals surface area (Å²) >= 11 is 0. The molecule has 0 atom stereocenters. The Hall–Kier alpha value is -3.49. The second-order valence-corrected chi connectivity index (χ2v) is 5.73. The van der Waals surface area contributed by atoms with Crippen LogP contribution in [0.1, 0.15) is 30.1 Å². The molecule has 0 saturated carbocycles. The third kappa shape index (κ3) is 3.18. The second-order valence-electron chi connectivity index (χ2n) is 5.73. The Bertz CT molecular complexity index is 881. The van der Waals surface area contributed by atoms with Gasteiger partial charge in [0.25, 0.3) is 0 Å². The highest BCUT2D eigenvalue weighted by molar-refractivity contribution is 5.95. The summed E-state index contributed by atoms with van der Waals surface area (Å²) in [6.07, 6.45) is 2.13. The van der Waals surface area contributed by atoms with Crippen LogP contribution in [-0.4, -0.2) is 49.5 Å². The molecule has 0 radical (unpaired) electrons. The van der Waals surface area contributed by atoms with Crippen molar-refractivity contribution in [2.75, 3.05) is 11.6 Å². The van der Waals surface area contributed by atoms with Crippen LogP contribution in [0.3, 0.4) is 0 Å². The zero-order valence-corrected chi connectivity index (χ0v) is 13.9. The minimum absolute atomic E-state index is 0.109. The molecule has 26 heavy (non-hydrogen) atoms. The summed E-state index contributed by atoms with van der Waals surface area (Å²) in [5, 5.41) is 21.3. The summed E-state index contributed by atoms with van der Waals surface area (Å²) in [4.78, 5) is 42.6. The summed E-state index contributed by atoms with van der Waals surface area (Å²) in [5.74, 6) is -2.20.